The molecule has 0 spiro atoms. The van der Waals surface area contributed by atoms with Crippen LogP contribution in [0, 0.1) is 83.1 Å². The molecule has 0 N–H and O–H groups in total. The minimum absolute atomic E-state index is 0.128. The molecule has 0 unspecified atom stereocenters. The van der Waals surface area contributed by atoms with E-state index in [1.807, 2.05) is 132 Å². The van der Waals surface area contributed by atoms with Crippen LogP contribution >= 0.6 is 0 Å². The third-order valence-electron chi connectivity index (χ3n) is 9.66. The first-order chi connectivity index (χ1) is 23.4. The summed E-state index contributed by atoms with van der Waals surface area (Å²) in [4.78, 5) is 64.2. The first kappa shape index (κ1) is 34.4. The van der Waals surface area contributed by atoms with Crippen LogP contribution in [0.4, 0.5) is 22.7 Å². The van der Waals surface area contributed by atoms with E-state index in [0.717, 1.165) is 66.8 Å². The average Bonchev–Trinajstić information content (AvgIpc) is 3.36. The smallest absolute Gasteiger partial charge is 0.263 e. The van der Waals surface area contributed by atoms with Gasteiger partial charge in [-0.3, -0.25) is 38.8 Å². The molecule has 4 amide bonds. The van der Waals surface area contributed by atoms with Crippen molar-refractivity contribution in [1.29, 1.82) is 0 Å². The maximum Gasteiger partial charge on any atom is 0.323 e. The van der Waals surface area contributed by atoms with Gasteiger partial charge in [-0.2, -0.15) is 0 Å². The van der Waals surface area contributed by atoms with E-state index >= 15 is 0 Å². The van der Waals surface area contributed by atoms with Gasteiger partial charge in [0.15, 0.2) is 11.6 Å². The number of aryl methyl sites for hydroxylation is 12. The molecule has 2 aliphatic heterocycles. The van der Waals surface area contributed by atoms with Crippen LogP contribution in [-0.4, -0.2) is 23.6 Å². The molecule has 0 atom stereocenters. The van der Waals surface area contributed by atoms with Gasteiger partial charge in [-0.05, 0) is 128 Å². The zero-order valence-electron chi connectivity index (χ0n) is 31.0. The van der Waals surface area contributed by atoms with Gasteiger partial charge in [0, 0.05) is 0 Å². The van der Waals surface area contributed by atoms with Crippen molar-refractivity contribution in [2.45, 2.75) is 83.1 Å². The molecule has 0 bridgehead atoms. The Morgan fingerprint density at radius 1 is 0.280 bits per heavy atom. The Bertz CT molecular complexity index is 1840. The van der Waals surface area contributed by atoms with Crippen LogP contribution in [0.5, 0.6) is 0 Å². The maximum absolute atomic E-state index is 14.6. The van der Waals surface area contributed by atoms with Gasteiger partial charge in [0.05, 0.1) is 22.7 Å². The molecule has 2 fully saturated rings. The highest BCUT2D eigenvalue weighted by molar-refractivity contribution is 6.53. The first-order valence-electron chi connectivity index (χ1n) is 16.9. The second-order valence-electron chi connectivity index (χ2n) is 14.2. The van der Waals surface area contributed by atoms with Gasteiger partial charge < -0.3 is 0 Å². The number of anilines is 4. The second kappa shape index (κ2) is 12.1. The summed E-state index contributed by atoms with van der Waals surface area (Å²) in [5.41, 5.74) is 12.4. The molecule has 4 aromatic rings. The molecule has 2 heterocycles. The van der Waals surface area contributed by atoms with Crippen molar-refractivity contribution in [2.24, 2.45) is 0 Å². The highest BCUT2D eigenvalue weighted by Gasteiger charge is 2.54. The fourth-order valence-electron chi connectivity index (χ4n) is 8.30. The van der Waals surface area contributed by atoms with Gasteiger partial charge in [-0.1, -0.05) is 70.8 Å². The number of hydrogen-bond donors (Lipinski definition) is 0. The monoisotopic (exact) mass is 668 g/mol. The third kappa shape index (κ3) is 5.21. The Kier molecular flexibility index (Phi) is 8.33. The predicted octanol–water partition coefficient (Wildman–Crippen LogP) is 7.97. The normalized spacial score (nSPS) is 15.1. The van der Waals surface area contributed by atoms with Crippen molar-refractivity contribution in [3.63, 3.8) is 0 Å². The average molecular weight is 669 g/mol. The molecule has 256 valence electrons. The predicted molar refractivity (Wildman–Crippen MR) is 200 cm³/mol. The first-order valence-corrected chi connectivity index (χ1v) is 16.9. The molecule has 4 aromatic carbocycles. The molecule has 0 saturated carbocycles. The van der Waals surface area contributed by atoms with Crippen LogP contribution in [0.25, 0.3) is 0 Å². The van der Waals surface area contributed by atoms with Crippen LogP contribution in [0.15, 0.2) is 60.2 Å². The van der Waals surface area contributed by atoms with Crippen LogP contribution in [0.1, 0.15) is 66.8 Å². The SMILES string of the molecule is Cc1cc(C)c(N2C(=O)C(=O)N(c3c(C)cc(C)cc3C)C2=C2N(c3c(C)cc(C)cc3C)C(=O)C(=O)N2c2c(C)cc(C)cc2C)c(C)c1. The summed E-state index contributed by atoms with van der Waals surface area (Å²) in [5.74, 6) is -2.84. The summed E-state index contributed by atoms with van der Waals surface area (Å²) in [6.45, 7) is 23.2. The zero-order chi connectivity index (χ0) is 36.7. The Hall–Kier alpha value is -5.50. The van der Waals surface area contributed by atoms with E-state index in [0.29, 0.717) is 22.7 Å². The second-order valence-corrected chi connectivity index (χ2v) is 14.2. The van der Waals surface area contributed by atoms with Crippen molar-refractivity contribution >= 4 is 46.4 Å². The van der Waals surface area contributed by atoms with Crippen LogP contribution in [0.2, 0.25) is 0 Å². The van der Waals surface area contributed by atoms with Gasteiger partial charge >= 0.3 is 23.6 Å². The Balaban J connectivity index is 1.87. The maximum atomic E-state index is 14.6. The molecular formula is C42H44N4O4. The van der Waals surface area contributed by atoms with Crippen molar-refractivity contribution in [2.75, 3.05) is 19.6 Å². The highest BCUT2D eigenvalue weighted by atomic mass is 16.2. The van der Waals surface area contributed by atoms with Crippen molar-refractivity contribution in [1.82, 2.24) is 0 Å². The molecule has 0 aromatic heterocycles. The molecular weight excluding hydrogens is 624 g/mol. The largest absolute Gasteiger partial charge is 0.323 e. The van der Waals surface area contributed by atoms with E-state index in [4.69, 9.17) is 0 Å². The lowest BCUT2D eigenvalue weighted by molar-refractivity contribution is -0.133. The van der Waals surface area contributed by atoms with Gasteiger partial charge in [-0.25, -0.2) is 0 Å². The quantitative estimate of drug-likeness (QED) is 0.207. The number of nitrogens with zero attached hydrogens (tertiary/aromatic N) is 4. The molecule has 0 radical (unpaired) electrons. The summed E-state index contributed by atoms with van der Waals surface area (Å²) in [6.07, 6.45) is 0. The van der Waals surface area contributed by atoms with Crippen LogP contribution < -0.4 is 19.6 Å². The molecule has 50 heavy (non-hydrogen) atoms. The molecule has 2 aliphatic rings. The van der Waals surface area contributed by atoms with E-state index in [-0.39, 0.29) is 11.6 Å². The molecule has 6 rings (SSSR count). The van der Waals surface area contributed by atoms with Crippen molar-refractivity contribution in [3.8, 4) is 0 Å². The topological polar surface area (TPSA) is 81.2 Å². The molecule has 8 nitrogen and oxygen atoms in total. The summed E-state index contributed by atoms with van der Waals surface area (Å²) >= 11 is 0. The highest BCUT2D eigenvalue weighted by Crippen LogP contribution is 2.47. The summed E-state index contributed by atoms with van der Waals surface area (Å²) in [7, 11) is 0. The number of benzene rings is 4. The third-order valence-corrected chi connectivity index (χ3v) is 9.66. The zero-order valence-corrected chi connectivity index (χ0v) is 31.0. The van der Waals surface area contributed by atoms with Gasteiger partial charge in [0.2, 0.25) is 0 Å². The lowest BCUT2D eigenvalue weighted by Gasteiger charge is -2.33. The van der Waals surface area contributed by atoms with Crippen LogP contribution in [0.3, 0.4) is 0 Å². The van der Waals surface area contributed by atoms with Crippen LogP contribution in [-0.2, 0) is 19.2 Å². The molecule has 8 heteroatoms. The Morgan fingerprint density at radius 3 is 0.560 bits per heavy atom. The minimum atomic E-state index is -0.775. The number of amides is 4. The lowest BCUT2D eigenvalue weighted by atomic mass is 10.0. The molecule has 2 saturated heterocycles. The van der Waals surface area contributed by atoms with Gasteiger partial charge in [0.1, 0.15) is 0 Å². The summed E-state index contributed by atoms with van der Waals surface area (Å²) < 4.78 is 0. The van der Waals surface area contributed by atoms with E-state index in [1.54, 1.807) is 0 Å². The van der Waals surface area contributed by atoms with E-state index in [1.165, 1.54) is 19.6 Å². The molecule has 0 aliphatic carbocycles. The fraction of sp³-hybridized carbons (Fsp3) is 0.286. The number of carbonyl (C=O) groups excluding carboxylic acids is 4. The van der Waals surface area contributed by atoms with E-state index in [2.05, 4.69) is 0 Å². The lowest BCUT2D eigenvalue weighted by Crippen LogP contribution is -2.37. The standard InChI is InChI=1S/C42H44N4O4/c1-21-13-25(5)33(26(6)14-21)43-37(44(40(48)39(43)47)34-27(7)15-22(2)16-28(34)8)38-45(35-29(9)17-23(3)18-30(35)10)41(49)42(50)46(38)36-31(11)19-24(4)20-32(36)12/h13-20H,1-12H3. The summed E-state index contributed by atoms with van der Waals surface area (Å²) in [5, 5.41) is 0. The van der Waals surface area contributed by atoms with Gasteiger partial charge in [0.25, 0.3) is 0 Å². The summed E-state index contributed by atoms with van der Waals surface area (Å²) in [6, 6.07) is 15.7. The Morgan fingerprint density at radius 2 is 0.420 bits per heavy atom. The van der Waals surface area contributed by atoms with Crippen molar-refractivity contribution < 1.29 is 19.2 Å². The number of hydrogen-bond acceptors (Lipinski definition) is 4. The van der Waals surface area contributed by atoms with Gasteiger partial charge in [-0.15, -0.1) is 0 Å². The van der Waals surface area contributed by atoms with E-state index in [9.17, 15) is 19.2 Å². The van der Waals surface area contributed by atoms with E-state index < -0.39 is 23.6 Å². The Labute approximate surface area is 294 Å². The fourth-order valence-corrected chi connectivity index (χ4v) is 8.30. The van der Waals surface area contributed by atoms with Crippen molar-refractivity contribution in [3.05, 3.63) is 127 Å². The number of rotatable bonds is 4. The minimum Gasteiger partial charge on any atom is -0.263 e. The number of carbonyl (C=O) groups is 4.